The van der Waals surface area contributed by atoms with Crippen molar-refractivity contribution in [3.05, 3.63) is 83.4 Å². The van der Waals surface area contributed by atoms with E-state index in [0.29, 0.717) is 12.6 Å². The van der Waals surface area contributed by atoms with Crippen molar-refractivity contribution in [2.45, 2.75) is 38.5 Å². The normalized spacial score (nSPS) is 15.6. The van der Waals surface area contributed by atoms with Crippen LogP contribution in [-0.4, -0.2) is 32.7 Å². The molecule has 0 bridgehead atoms. The average Bonchev–Trinajstić information content (AvgIpc) is 3.36. The van der Waals surface area contributed by atoms with E-state index in [1.807, 2.05) is 29.9 Å². The van der Waals surface area contributed by atoms with Gasteiger partial charge >= 0.3 is 0 Å². The lowest BCUT2D eigenvalue weighted by Crippen LogP contribution is -2.28. The second-order valence-electron chi connectivity index (χ2n) is 7.69. The van der Waals surface area contributed by atoms with Gasteiger partial charge in [-0.2, -0.15) is 0 Å². The van der Waals surface area contributed by atoms with Crippen LogP contribution in [0.15, 0.2) is 60.9 Å². The number of imidazole rings is 1. The van der Waals surface area contributed by atoms with E-state index in [9.17, 15) is 5.11 Å². The molecule has 0 fully saturated rings. The highest BCUT2D eigenvalue weighted by molar-refractivity contribution is 5.35. The summed E-state index contributed by atoms with van der Waals surface area (Å²) in [6.07, 6.45) is 6.78. The highest BCUT2D eigenvalue weighted by atomic mass is 16.5. The number of aryl methyl sites for hydroxylation is 2. The zero-order valence-electron chi connectivity index (χ0n) is 17.0. The van der Waals surface area contributed by atoms with E-state index < -0.39 is 0 Å². The molecule has 4 rings (SSSR count). The van der Waals surface area contributed by atoms with Gasteiger partial charge in [0.25, 0.3) is 0 Å². The monoisotopic (exact) mass is 391 g/mol. The van der Waals surface area contributed by atoms with Crippen LogP contribution in [0, 0.1) is 0 Å². The van der Waals surface area contributed by atoms with Crippen LogP contribution in [0.1, 0.15) is 41.4 Å². The Bertz CT molecular complexity index is 920. The predicted octanol–water partition coefficient (Wildman–Crippen LogP) is 3.87. The summed E-state index contributed by atoms with van der Waals surface area (Å²) in [5, 5.41) is 9.36. The number of nitrogens with zero attached hydrogens (tertiary/aromatic N) is 3. The number of benzene rings is 2. The molecule has 5 nitrogen and oxygen atoms in total. The van der Waals surface area contributed by atoms with Crippen LogP contribution >= 0.6 is 0 Å². The molecule has 1 atom stereocenters. The number of aliphatic hydroxyl groups excluding tert-OH is 1. The maximum Gasteiger partial charge on any atom is 0.146 e. The molecule has 3 aromatic rings. The van der Waals surface area contributed by atoms with Crippen molar-refractivity contribution in [3.63, 3.8) is 0 Å². The van der Waals surface area contributed by atoms with Crippen molar-refractivity contribution < 1.29 is 9.84 Å². The summed E-state index contributed by atoms with van der Waals surface area (Å²) < 4.78 is 7.84. The van der Waals surface area contributed by atoms with Gasteiger partial charge in [-0.25, -0.2) is 4.98 Å². The van der Waals surface area contributed by atoms with Crippen molar-refractivity contribution >= 4 is 0 Å². The highest BCUT2D eigenvalue weighted by Crippen LogP contribution is 2.36. The smallest absolute Gasteiger partial charge is 0.146 e. The standard InChI is InChI=1S/C24H29N3O2/c1-26-15-13-25-24(26)18-29-21-10-7-19(8-11-21)17-27(14-4-16-28)23-12-9-20-5-2-3-6-22(20)23/h2-3,5-8,10-11,13,15,23,28H,4,9,12,14,16-18H2,1H3/t23-/m1/s1. The fourth-order valence-corrected chi connectivity index (χ4v) is 4.14. The molecule has 0 spiro atoms. The molecule has 5 heteroatoms. The maximum atomic E-state index is 9.36. The van der Waals surface area contributed by atoms with E-state index in [0.717, 1.165) is 43.9 Å². The zero-order valence-corrected chi connectivity index (χ0v) is 17.0. The van der Waals surface area contributed by atoms with Gasteiger partial charge in [-0.05, 0) is 48.1 Å². The topological polar surface area (TPSA) is 50.5 Å². The van der Waals surface area contributed by atoms with Gasteiger partial charge in [0, 0.05) is 45.2 Å². The Balaban J connectivity index is 1.42. The summed E-state index contributed by atoms with van der Waals surface area (Å²) in [7, 11) is 1.97. The maximum absolute atomic E-state index is 9.36. The van der Waals surface area contributed by atoms with Gasteiger partial charge in [0.05, 0.1) is 0 Å². The predicted molar refractivity (Wildman–Crippen MR) is 114 cm³/mol. The van der Waals surface area contributed by atoms with Crippen LogP contribution in [0.2, 0.25) is 0 Å². The second kappa shape index (κ2) is 9.25. The third kappa shape index (κ3) is 4.69. The molecular weight excluding hydrogens is 362 g/mol. The lowest BCUT2D eigenvalue weighted by molar-refractivity contribution is 0.165. The van der Waals surface area contributed by atoms with Gasteiger partial charge in [-0.1, -0.05) is 36.4 Å². The van der Waals surface area contributed by atoms with Crippen LogP contribution in [0.25, 0.3) is 0 Å². The molecule has 0 aliphatic heterocycles. The first kappa shape index (κ1) is 19.7. The Labute approximate surface area is 172 Å². The Hall–Kier alpha value is -2.63. The van der Waals surface area contributed by atoms with Crippen molar-refractivity contribution in [3.8, 4) is 5.75 Å². The quantitative estimate of drug-likeness (QED) is 0.602. The summed E-state index contributed by atoms with van der Waals surface area (Å²) >= 11 is 0. The third-order valence-electron chi connectivity index (χ3n) is 5.74. The molecule has 0 radical (unpaired) electrons. The second-order valence-corrected chi connectivity index (χ2v) is 7.69. The fraction of sp³-hybridized carbons (Fsp3) is 0.375. The molecule has 1 aromatic heterocycles. The largest absolute Gasteiger partial charge is 0.486 e. The molecule has 152 valence electrons. The minimum absolute atomic E-state index is 0.227. The Kier molecular flexibility index (Phi) is 6.27. The average molecular weight is 392 g/mol. The summed E-state index contributed by atoms with van der Waals surface area (Å²) in [5.41, 5.74) is 4.17. The molecule has 0 unspecified atom stereocenters. The first-order valence-corrected chi connectivity index (χ1v) is 10.4. The number of rotatable bonds is 9. The molecule has 1 heterocycles. The molecule has 29 heavy (non-hydrogen) atoms. The number of hydrogen-bond acceptors (Lipinski definition) is 4. The molecule has 2 aromatic carbocycles. The summed E-state index contributed by atoms with van der Waals surface area (Å²) in [5.74, 6) is 1.76. The molecule has 0 saturated carbocycles. The van der Waals surface area contributed by atoms with Gasteiger partial charge in [-0.3, -0.25) is 4.90 Å². The number of ether oxygens (including phenoxy) is 1. The molecule has 0 amide bonds. The van der Waals surface area contributed by atoms with Crippen molar-refractivity contribution in [2.24, 2.45) is 7.05 Å². The Morgan fingerprint density at radius 1 is 1.17 bits per heavy atom. The third-order valence-corrected chi connectivity index (χ3v) is 5.74. The van der Waals surface area contributed by atoms with Gasteiger partial charge in [0.1, 0.15) is 18.2 Å². The highest BCUT2D eigenvalue weighted by Gasteiger charge is 2.27. The zero-order chi connectivity index (χ0) is 20.1. The molecule has 1 aliphatic rings. The van der Waals surface area contributed by atoms with E-state index in [4.69, 9.17) is 4.74 Å². The fourth-order valence-electron chi connectivity index (χ4n) is 4.14. The van der Waals surface area contributed by atoms with E-state index >= 15 is 0 Å². The first-order valence-electron chi connectivity index (χ1n) is 10.4. The van der Waals surface area contributed by atoms with E-state index in [1.54, 1.807) is 6.20 Å². The van der Waals surface area contributed by atoms with Gasteiger partial charge < -0.3 is 14.4 Å². The van der Waals surface area contributed by atoms with Crippen LogP contribution in [-0.2, 0) is 26.6 Å². The van der Waals surface area contributed by atoms with E-state index in [-0.39, 0.29) is 6.61 Å². The van der Waals surface area contributed by atoms with E-state index in [1.165, 1.54) is 16.7 Å². The van der Waals surface area contributed by atoms with Gasteiger partial charge in [0.15, 0.2) is 0 Å². The van der Waals surface area contributed by atoms with E-state index in [2.05, 4.69) is 46.3 Å². The number of aromatic nitrogens is 2. The lowest BCUT2D eigenvalue weighted by Gasteiger charge is -2.29. The number of hydrogen-bond donors (Lipinski definition) is 1. The summed E-state index contributed by atoms with van der Waals surface area (Å²) in [6.45, 7) is 2.46. The van der Waals surface area contributed by atoms with Crippen molar-refractivity contribution in [1.82, 2.24) is 14.5 Å². The van der Waals surface area contributed by atoms with Crippen LogP contribution < -0.4 is 4.74 Å². The molecular formula is C24H29N3O2. The van der Waals surface area contributed by atoms with Crippen LogP contribution in [0.3, 0.4) is 0 Å². The Morgan fingerprint density at radius 2 is 2.00 bits per heavy atom. The summed E-state index contributed by atoms with van der Waals surface area (Å²) in [6, 6.07) is 17.5. The SMILES string of the molecule is Cn1ccnc1COc1ccc(CN(CCCO)[C@@H]2CCc3ccccc32)cc1. The van der Waals surface area contributed by atoms with Gasteiger partial charge in [0.2, 0.25) is 0 Å². The van der Waals surface area contributed by atoms with Crippen LogP contribution in [0.5, 0.6) is 5.75 Å². The molecule has 0 saturated heterocycles. The summed E-state index contributed by atoms with van der Waals surface area (Å²) in [4.78, 5) is 6.80. The number of fused-ring (bicyclic) bond motifs is 1. The molecule has 1 N–H and O–H groups in total. The minimum Gasteiger partial charge on any atom is -0.486 e. The first-order chi connectivity index (χ1) is 14.2. The number of aliphatic hydroxyl groups is 1. The Morgan fingerprint density at radius 3 is 2.76 bits per heavy atom. The minimum atomic E-state index is 0.227. The molecule has 1 aliphatic carbocycles. The van der Waals surface area contributed by atoms with Crippen molar-refractivity contribution in [1.29, 1.82) is 0 Å². The lowest BCUT2D eigenvalue weighted by atomic mass is 10.1. The van der Waals surface area contributed by atoms with Crippen molar-refractivity contribution in [2.75, 3.05) is 13.2 Å². The van der Waals surface area contributed by atoms with Gasteiger partial charge in [-0.15, -0.1) is 0 Å². The van der Waals surface area contributed by atoms with Crippen LogP contribution in [0.4, 0.5) is 0 Å².